The van der Waals surface area contributed by atoms with Crippen molar-refractivity contribution < 1.29 is 4.74 Å². The Morgan fingerprint density at radius 2 is 1.71 bits per heavy atom. The second-order valence-electron chi connectivity index (χ2n) is 5.54. The average molecular weight is 241 g/mol. The number of nitrogens with one attached hydrogen (secondary N) is 1. The lowest BCUT2D eigenvalue weighted by Crippen LogP contribution is -2.44. The summed E-state index contributed by atoms with van der Waals surface area (Å²) >= 11 is 0. The molecule has 0 atom stereocenters. The largest absolute Gasteiger partial charge is 0.374 e. The molecule has 0 spiro atoms. The van der Waals surface area contributed by atoms with Crippen molar-refractivity contribution in [2.24, 2.45) is 0 Å². The van der Waals surface area contributed by atoms with E-state index in [4.69, 9.17) is 4.74 Å². The summed E-state index contributed by atoms with van der Waals surface area (Å²) in [7, 11) is 2.04. The predicted octanol–water partition coefficient (Wildman–Crippen LogP) is 3.90. The number of hydrogen-bond donors (Lipinski definition) is 1. The van der Waals surface area contributed by atoms with Crippen molar-refractivity contribution in [2.75, 3.05) is 20.2 Å². The Labute approximate surface area is 108 Å². The highest BCUT2D eigenvalue weighted by Crippen LogP contribution is 2.31. The molecule has 1 aliphatic rings. The number of hydrogen-bond acceptors (Lipinski definition) is 2. The van der Waals surface area contributed by atoms with Crippen LogP contribution in [0.5, 0.6) is 0 Å². The molecule has 1 N–H and O–H groups in total. The smallest absolute Gasteiger partial charge is 0.0806 e. The molecule has 1 rings (SSSR count). The Balaban J connectivity index is 2.15. The van der Waals surface area contributed by atoms with Crippen molar-refractivity contribution in [2.45, 2.75) is 76.7 Å². The first kappa shape index (κ1) is 15.0. The standard InChI is InChI=1S/C15H31NO/c1-3-4-5-6-10-13-17-15(14-16-2)11-8-7-9-12-15/h16H,3-14H2,1-2H3. The molecule has 1 fully saturated rings. The monoisotopic (exact) mass is 241 g/mol. The van der Waals surface area contributed by atoms with Crippen molar-refractivity contribution in [1.82, 2.24) is 5.32 Å². The molecule has 2 nitrogen and oxygen atoms in total. The van der Waals surface area contributed by atoms with Crippen LogP contribution in [0.1, 0.15) is 71.1 Å². The molecule has 17 heavy (non-hydrogen) atoms. The fourth-order valence-electron chi connectivity index (χ4n) is 2.88. The lowest BCUT2D eigenvalue weighted by Gasteiger charge is -2.37. The molecular formula is C15H31NO. The van der Waals surface area contributed by atoms with E-state index in [1.54, 1.807) is 0 Å². The van der Waals surface area contributed by atoms with Crippen molar-refractivity contribution in [3.05, 3.63) is 0 Å². The minimum Gasteiger partial charge on any atom is -0.374 e. The zero-order valence-electron chi connectivity index (χ0n) is 11.9. The Kier molecular flexibility index (Phi) is 7.87. The summed E-state index contributed by atoms with van der Waals surface area (Å²) < 4.78 is 6.23. The maximum Gasteiger partial charge on any atom is 0.0806 e. The summed E-state index contributed by atoms with van der Waals surface area (Å²) in [5.74, 6) is 0. The second-order valence-corrected chi connectivity index (χ2v) is 5.54. The lowest BCUT2D eigenvalue weighted by molar-refractivity contribution is -0.0686. The van der Waals surface area contributed by atoms with E-state index in [0.29, 0.717) is 0 Å². The molecule has 0 heterocycles. The maximum atomic E-state index is 6.23. The average Bonchev–Trinajstić information content (AvgIpc) is 2.35. The van der Waals surface area contributed by atoms with Gasteiger partial charge in [-0.15, -0.1) is 0 Å². The third-order valence-corrected chi connectivity index (χ3v) is 3.92. The van der Waals surface area contributed by atoms with Gasteiger partial charge in [-0.3, -0.25) is 0 Å². The Morgan fingerprint density at radius 1 is 1.00 bits per heavy atom. The Morgan fingerprint density at radius 3 is 2.35 bits per heavy atom. The molecule has 0 aromatic heterocycles. The second kappa shape index (κ2) is 8.93. The summed E-state index contributed by atoms with van der Waals surface area (Å²) in [6.07, 6.45) is 13.2. The third kappa shape index (κ3) is 5.87. The molecule has 0 aromatic rings. The lowest BCUT2D eigenvalue weighted by atomic mass is 9.84. The van der Waals surface area contributed by atoms with Crippen LogP contribution in [0.2, 0.25) is 0 Å². The third-order valence-electron chi connectivity index (χ3n) is 3.92. The quantitative estimate of drug-likeness (QED) is 0.618. The fourth-order valence-corrected chi connectivity index (χ4v) is 2.88. The van der Waals surface area contributed by atoms with Crippen LogP contribution in [-0.4, -0.2) is 25.8 Å². The molecule has 0 radical (unpaired) electrons. The van der Waals surface area contributed by atoms with Gasteiger partial charge in [0, 0.05) is 13.2 Å². The fraction of sp³-hybridized carbons (Fsp3) is 1.00. The van der Waals surface area contributed by atoms with Crippen molar-refractivity contribution in [1.29, 1.82) is 0 Å². The molecular weight excluding hydrogens is 210 g/mol. The molecule has 1 saturated carbocycles. The highest BCUT2D eigenvalue weighted by molar-refractivity contribution is 4.86. The summed E-state index contributed by atoms with van der Waals surface area (Å²) in [5.41, 5.74) is 0.164. The van der Waals surface area contributed by atoms with Crippen molar-refractivity contribution in [3.8, 4) is 0 Å². The first-order valence-electron chi connectivity index (χ1n) is 7.61. The van der Waals surface area contributed by atoms with E-state index < -0.39 is 0 Å². The van der Waals surface area contributed by atoms with E-state index >= 15 is 0 Å². The number of ether oxygens (including phenoxy) is 1. The molecule has 2 heteroatoms. The van der Waals surface area contributed by atoms with Crippen LogP contribution in [0.25, 0.3) is 0 Å². The molecule has 0 aromatic carbocycles. The Hall–Kier alpha value is -0.0800. The van der Waals surface area contributed by atoms with E-state index in [1.807, 2.05) is 7.05 Å². The normalized spacial score (nSPS) is 19.4. The topological polar surface area (TPSA) is 21.3 Å². The molecule has 0 bridgehead atoms. The van der Waals surface area contributed by atoms with E-state index in [2.05, 4.69) is 12.2 Å². The van der Waals surface area contributed by atoms with Gasteiger partial charge in [-0.1, -0.05) is 51.9 Å². The van der Waals surface area contributed by atoms with E-state index in [-0.39, 0.29) is 5.60 Å². The van der Waals surface area contributed by atoms with Gasteiger partial charge in [0.15, 0.2) is 0 Å². The summed E-state index contributed by atoms with van der Waals surface area (Å²) in [4.78, 5) is 0. The highest BCUT2D eigenvalue weighted by atomic mass is 16.5. The van der Waals surface area contributed by atoms with Crippen LogP contribution >= 0.6 is 0 Å². The summed E-state index contributed by atoms with van der Waals surface area (Å²) in [5, 5.41) is 3.31. The SMILES string of the molecule is CCCCCCCOC1(CNC)CCCCC1. The van der Waals surface area contributed by atoms with Crippen LogP contribution in [0.3, 0.4) is 0 Å². The Bertz CT molecular complexity index is 170. The van der Waals surface area contributed by atoms with Gasteiger partial charge in [0.2, 0.25) is 0 Å². The van der Waals surface area contributed by atoms with Gasteiger partial charge in [-0.2, -0.15) is 0 Å². The highest BCUT2D eigenvalue weighted by Gasteiger charge is 2.31. The molecule has 0 saturated heterocycles. The van der Waals surface area contributed by atoms with Crippen LogP contribution in [0.4, 0.5) is 0 Å². The van der Waals surface area contributed by atoms with Crippen LogP contribution in [0.15, 0.2) is 0 Å². The van der Waals surface area contributed by atoms with Gasteiger partial charge in [0.05, 0.1) is 5.60 Å². The van der Waals surface area contributed by atoms with Gasteiger partial charge in [0.25, 0.3) is 0 Å². The van der Waals surface area contributed by atoms with Gasteiger partial charge in [0.1, 0.15) is 0 Å². The predicted molar refractivity (Wildman–Crippen MR) is 74.5 cm³/mol. The minimum absolute atomic E-state index is 0.164. The zero-order valence-corrected chi connectivity index (χ0v) is 11.9. The molecule has 1 aliphatic carbocycles. The van der Waals surface area contributed by atoms with E-state index in [1.165, 1.54) is 64.2 Å². The molecule has 0 aliphatic heterocycles. The first-order chi connectivity index (χ1) is 8.33. The molecule has 0 unspecified atom stereocenters. The minimum atomic E-state index is 0.164. The van der Waals surface area contributed by atoms with Crippen LogP contribution in [-0.2, 0) is 4.74 Å². The van der Waals surface area contributed by atoms with Gasteiger partial charge in [-0.05, 0) is 26.3 Å². The summed E-state index contributed by atoms with van der Waals surface area (Å²) in [6, 6.07) is 0. The first-order valence-corrected chi connectivity index (χ1v) is 7.61. The van der Waals surface area contributed by atoms with Gasteiger partial charge >= 0.3 is 0 Å². The molecule has 0 amide bonds. The van der Waals surface area contributed by atoms with E-state index in [9.17, 15) is 0 Å². The number of rotatable bonds is 9. The van der Waals surface area contributed by atoms with Crippen LogP contribution < -0.4 is 5.32 Å². The number of likely N-dealkylation sites (N-methyl/N-ethyl adjacent to an activating group) is 1. The maximum absolute atomic E-state index is 6.23. The van der Waals surface area contributed by atoms with E-state index in [0.717, 1.165) is 13.2 Å². The number of unbranched alkanes of at least 4 members (excludes halogenated alkanes) is 4. The van der Waals surface area contributed by atoms with Crippen molar-refractivity contribution in [3.63, 3.8) is 0 Å². The van der Waals surface area contributed by atoms with Crippen LogP contribution in [0, 0.1) is 0 Å². The zero-order chi connectivity index (χ0) is 12.4. The summed E-state index contributed by atoms with van der Waals surface area (Å²) in [6.45, 7) is 4.26. The molecule has 102 valence electrons. The van der Waals surface area contributed by atoms with Gasteiger partial charge in [-0.25, -0.2) is 0 Å². The van der Waals surface area contributed by atoms with Gasteiger partial charge < -0.3 is 10.1 Å². The van der Waals surface area contributed by atoms with Crippen molar-refractivity contribution >= 4 is 0 Å².